The van der Waals surface area contributed by atoms with Gasteiger partial charge in [0.25, 0.3) is 0 Å². The molecule has 1 atom stereocenters. The van der Waals surface area contributed by atoms with Crippen LogP contribution in [0, 0.1) is 0 Å². The maximum Gasteiger partial charge on any atom is 0.317 e. The van der Waals surface area contributed by atoms with Gasteiger partial charge in [-0.25, -0.2) is 4.79 Å². The third-order valence-corrected chi connectivity index (χ3v) is 2.17. The van der Waals surface area contributed by atoms with Gasteiger partial charge in [0, 0.05) is 17.6 Å². The second-order valence-electron chi connectivity index (χ2n) is 3.41. The first-order chi connectivity index (χ1) is 7.38. The van der Waals surface area contributed by atoms with E-state index in [4.69, 9.17) is 16.7 Å². The molecule has 0 aromatic carbocycles. The van der Waals surface area contributed by atoms with Crippen molar-refractivity contribution >= 4 is 23.6 Å². The van der Waals surface area contributed by atoms with Crippen LogP contribution in [0.5, 0.6) is 0 Å². The quantitative estimate of drug-likeness (QED) is 0.751. The fourth-order valence-corrected chi connectivity index (χ4v) is 1.36. The van der Waals surface area contributed by atoms with E-state index >= 15 is 0 Å². The summed E-state index contributed by atoms with van der Waals surface area (Å²) < 4.78 is 0. The average Bonchev–Trinajstić information content (AvgIpc) is 2.14. The van der Waals surface area contributed by atoms with Crippen LogP contribution in [0.25, 0.3) is 0 Å². The summed E-state index contributed by atoms with van der Waals surface area (Å²) in [6, 6.07) is -0.691. The first kappa shape index (κ1) is 14.8. The number of aliphatic carboxylic acids is 1. The summed E-state index contributed by atoms with van der Waals surface area (Å²) in [7, 11) is 0. The Balaban J connectivity index is 4.30. The molecule has 0 aliphatic rings. The Morgan fingerprint density at radius 3 is 2.50 bits per heavy atom. The number of rotatable bonds is 6. The third-order valence-electron chi connectivity index (χ3n) is 2.04. The van der Waals surface area contributed by atoms with E-state index in [0.29, 0.717) is 11.6 Å². The predicted molar refractivity (Wildman–Crippen MR) is 62.5 cm³/mol. The number of amides is 2. The summed E-state index contributed by atoms with van der Waals surface area (Å²) >= 11 is 5.51. The van der Waals surface area contributed by atoms with Crippen LogP contribution in [0.3, 0.4) is 0 Å². The smallest absolute Gasteiger partial charge is 0.317 e. The molecule has 0 aromatic heterocycles. The second-order valence-corrected chi connectivity index (χ2v) is 3.94. The molecule has 6 heteroatoms. The molecule has 5 nitrogen and oxygen atoms in total. The van der Waals surface area contributed by atoms with E-state index in [-0.39, 0.29) is 25.0 Å². The van der Waals surface area contributed by atoms with E-state index in [1.165, 1.54) is 4.90 Å². The van der Waals surface area contributed by atoms with Crippen molar-refractivity contribution in [3.05, 3.63) is 11.6 Å². The maximum absolute atomic E-state index is 11.6. The van der Waals surface area contributed by atoms with Gasteiger partial charge in [-0.1, -0.05) is 18.2 Å². The number of carbonyl (C=O) groups is 2. The Hall–Kier alpha value is -1.23. The molecule has 0 bridgehead atoms. The summed E-state index contributed by atoms with van der Waals surface area (Å²) in [5, 5.41) is 11.5. The lowest BCUT2D eigenvalue weighted by molar-refractivity contribution is -0.138. The lowest BCUT2D eigenvalue weighted by atomic mass is 10.2. The van der Waals surface area contributed by atoms with E-state index < -0.39 is 5.97 Å². The van der Waals surface area contributed by atoms with Crippen LogP contribution in [-0.4, -0.2) is 41.1 Å². The SMILES string of the molecule is C=C(Cl)CNC(=O)N(CC)C(C)CC(=O)O. The summed E-state index contributed by atoms with van der Waals surface area (Å²) in [6.07, 6.45) is -0.0803. The highest BCUT2D eigenvalue weighted by Crippen LogP contribution is 2.04. The first-order valence-corrected chi connectivity index (χ1v) is 5.35. The average molecular weight is 249 g/mol. The largest absolute Gasteiger partial charge is 0.481 e. The van der Waals surface area contributed by atoms with Gasteiger partial charge in [-0.15, -0.1) is 0 Å². The van der Waals surface area contributed by atoms with Crippen molar-refractivity contribution in [1.29, 1.82) is 0 Å². The Bertz CT molecular complexity index is 281. The van der Waals surface area contributed by atoms with Gasteiger partial charge in [-0.05, 0) is 13.8 Å². The zero-order valence-corrected chi connectivity index (χ0v) is 10.3. The first-order valence-electron chi connectivity index (χ1n) is 4.98. The van der Waals surface area contributed by atoms with Crippen LogP contribution >= 0.6 is 11.6 Å². The molecule has 0 saturated heterocycles. The van der Waals surface area contributed by atoms with Gasteiger partial charge in [0.15, 0.2) is 0 Å². The molecule has 16 heavy (non-hydrogen) atoms. The molecule has 0 spiro atoms. The van der Waals surface area contributed by atoms with E-state index in [0.717, 1.165) is 0 Å². The number of halogens is 1. The normalized spacial score (nSPS) is 11.7. The minimum Gasteiger partial charge on any atom is -0.481 e. The molecule has 1 unspecified atom stereocenters. The number of hydrogen-bond acceptors (Lipinski definition) is 2. The van der Waals surface area contributed by atoms with Crippen molar-refractivity contribution < 1.29 is 14.7 Å². The number of carbonyl (C=O) groups excluding carboxylic acids is 1. The molecule has 0 saturated carbocycles. The standard InChI is InChI=1S/C10H17ClN2O3/c1-4-13(8(3)5-9(14)15)10(16)12-6-7(2)11/h8H,2,4-6H2,1,3H3,(H,12,16)(H,14,15). The van der Waals surface area contributed by atoms with Crippen molar-refractivity contribution in [2.75, 3.05) is 13.1 Å². The van der Waals surface area contributed by atoms with Crippen molar-refractivity contribution in [2.45, 2.75) is 26.3 Å². The summed E-state index contributed by atoms with van der Waals surface area (Å²) in [4.78, 5) is 23.6. The molecule has 0 aromatic rings. The molecule has 2 amide bonds. The highest BCUT2D eigenvalue weighted by molar-refractivity contribution is 6.29. The van der Waals surface area contributed by atoms with Gasteiger partial charge in [-0.2, -0.15) is 0 Å². The van der Waals surface area contributed by atoms with Crippen molar-refractivity contribution in [3.63, 3.8) is 0 Å². The zero-order valence-electron chi connectivity index (χ0n) is 9.49. The van der Waals surface area contributed by atoms with E-state index in [1.54, 1.807) is 13.8 Å². The van der Waals surface area contributed by atoms with E-state index in [2.05, 4.69) is 11.9 Å². The van der Waals surface area contributed by atoms with Crippen LogP contribution in [0.1, 0.15) is 20.3 Å². The lowest BCUT2D eigenvalue weighted by Crippen LogP contribution is -2.45. The molecule has 2 N–H and O–H groups in total. The zero-order chi connectivity index (χ0) is 12.7. The Morgan fingerprint density at radius 2 is 2.12 bits per heavy atom. The Morgan fingerprint density at radius 1 is 1.56 bits per heavy atom. The van der Waals surface area contributed by atoms with Crippen LogP contribution in [0.4, 0.5) is 4.79 Å². The van der Waals surface area contributed by atoms with Crippen LogP contribution < -0.4 is 5.32 Å². The van der Waals surface area contributed by atoms with Gasteiger partial charge >= 0.3 is 12.0 Å². The number of hydrogen-bond donors (Lipinski definition) is 2. The topological polar surface area (TPSA) is 69.6 Å². The maximum atomic E-state index is 11.6. The van der Waals surface area contributed by atoms with Crippen LogP contribution in [-0.2, 0) is 4.79 Å². The van der Waals surface area contributed by atoms with E-state index in [1.807, 2.05) is 0 Å². The van der Waals surface area contributed by atoms with Gasteiger partial charge in [0.1, 0.15) is 0 Å². The molecule has 92 valence electrons. The van der Waals surface area contributed by atoms with Gasteiger partial charge in [0.2, 0.25) is 0 Å². The minimum absolute atomic E-state index is 0.0803. The molecular formula is C10H17ClN2O3. The molecule has 0 radical (unpaired) electrons. The highest BCUT2D eigenvalue weighted by atomic mass is 35.5. The van der Waals surface area contributed by atoms with Gasteiger partial charge in [-0.3, -0.25) is 4.79 Å². The molecule has 0 aliphatic carbocycles. The fourth-order valence-electron chi connectivity index (χ4n) is 1.29. The second kappa shape index (κ2) is 7.11. The fraction of sp³-hybridized carbons (Fsp3) is 0.600. The molecule has 0 rings (SSSR count). The summed E-state index contributed by atoms with van der Waals surface area (Å²) in [6.45, 7) is 7.53. The number of nitrogens with zero attached hydrogens (tertiary/aromatic N) is 1. The van der Waals surface area contributed by atoms with Gasteiger partial charge < -0.3 is 15.3 Å². The van der Waals surface area contributed by atoms with Crippen molar-refractivity contribution in [3.8, 4) is 0 Å². The summed E-state index contributed by atoms with van der Waals surface area (Å²) in [5.41, 5.74) is 0. The number of carboxylic acid groups (broad SMARTS) is 1. The van der Waals surface area contributed by atoms with Crippen molar-refractivity contribution in [1.82, 2.24) is 10.2 Å². The number of urea groups is 1. The molecule has 0 aliphatic heterocycles. The lowest BCUT2D eigenvalue weighted by Gasteiger charge is -2.27. The minimum atomic E-state index is -0.930. The predicted octanol–water partition coefficient (Wildman–Crippen LogP) is 1.63. The van der Waals surface area contributed by atoms with Crippen LogP contribution in [0.15, 0.2) is 11.6 Å². The summed E-state index contributed by atoms with van der Waals surface area (Å²) in [5.74, 6) is -0.930. The van der Waals surface area contributed by atoms with E-state index in [9.17, 15) is 9.59 Å². The molecule has 0 heterocycles. The Labute approximate surface area is 100 Å². The molecular weight excluding hydrogens is 232 g/mol. The third kappa shape index (κ3) is 5.60. The Kier molecular flexibility index (Phi) is 6.56. The van der Waals surface area contributed by atoms with Crippen LogP contribution in [0.2, 0.25) is 0 Å². The molecule has 0 fully saturated rings. The number of nitrogens with one attached hydrogen (secondary N) is 1. The van der Waals surface area contributed by atoms with Gasteiger partial charge in [0.05, 0.1) is 13.0 Å². The monoisotopic (exact) mass is 248 g/mol. The van der Waals surface area contributed by atoms with Crippen molar-refractivity contribution in [2.24, 2.45) is 0 Å². The highest BCUT2D eigenvalue weighted by Gasteiger charge is 2.20. The number of carboxylic acids is 1.